The first-order valence-electron chi connectivity index (χ1n) is 4.30. The normalized spacial score (nSPS) is 13.9. The van der Waals surface area contributed by atoms with E-state index in [0.717, 1.165) is 0 Å². The van der Waals surface area contributed by atoms with Crippen molar-refractivity contribution in [1.29, 1.82) is 0 Å². The summed E-state index contributed by atoms with van der Waals surface area (Å²) in [5, 5.41) is -0.0606. The van der Waals surface area contributed by atoms with E-state index in [2.05, 4.69) is 9.97 Å². The van der Waals surface area contributed by atoms with Crippen LogP contribution in [0.3, 0.4) is 0 Å². The van der Waals surface area contributed by atoms with Crippen molar-refractivity contribution < 1.29 is 7.48 Å². The summed E-state index contributed by atoms with van der Waals surface area (Å²) >= 11 is 11.2. The molecule has 1 aromatic rings. The van der Waals surface area contributed by atoms with E-state index >= 15 is 0 Å². The molecule has 66 valence electrons. The minimum absolute atomic E-state index is 0.0222. The van der Waals surface area contributed by atoms with Crippen molar-refractivity contribution in [3.8, 4) is 0 Å². The smallest absolute Gasteiger partial charge is 0.223 e. The molecule has 0 aliphatic heterocycles. The van der Waals surface area contributed by atoms with Gasteiger partial charge in [0.05, 0.1) is 9.30 Å². The number of halogens is 2. The van der Waals surface area contributed by atoms with E-state index in [1.54, 1.807) is 6.92 Å². The lowest BCUT2D eigenvalue weighted by Gasteiger charge is -2.02. The first kappa shape index (κ1) is 7.06. The predicted molar refractivity (Wildman–Crippen MR) is 47.4 cm³/mol. The van der Waals surface area contributed by atoms with Gasteiger partial charge in [0.2, 0.25) is 5.28 Å². The van der Waals surface area contributed by atoms with Crippen LogP contribution in [0.5, 0.6) is 0 Å². The van der Waals surface area contributed by atoms with E-state index in [4.69, 9.17) is 30.7 Å². The molecule has 0 aliphatic carbocycles. The third-order valence-electron chi connectivity index (χ3n) is 1.04. The Kier molecular flexibility index (Phi) is 2.71. The number of aromatic nitrogens is 2. The largest absolute Gasteiger partial charge is 0.377 e. The van der Waals surface area contributed by atoms with Crippen molar-refractivity contribution in [2.75, 3.05) is 6.61 Å². The predicted octanol–water partition coefficient (Wildman–Crippen LogP) is 2.32. The maximum absolute atomic E-state index is 7.52. The topological polar surface area (TPSA) is 35.0 Å². The average Bonchev–Trinajstić information content (AvgIpc) is 2.02. The summed E-state index contributed by atoms with van der Waals surface area (Å²) < 4.78 is 19.9. The van der Waals surface area contributed by atoms with Gasteiger partial charge in [0, 0.05) is 18.4 Å². The summed E-state index contributed by atoms with van der Waals surface area (Å²) in [6.07, 6.45) is 1.22. The van der Waals surface area contributed by atoms with Gasteiger partial charge in [0.15, 0.2) is 0 Å². The van der Waals surface area contributed by atoms with Crippen LogP contribution in [0.25, 0.3) is 0 Å². The van der Waals surface area contributed by atoms with Crippen LogP contribution in [0, 0.1) is 0 Å². The molecule has 0 N–H and O–H groups in total. The summed E-state index contributed by atoms with van der Waals surface area (Å²) in [5.41, 5.74) is 0.0745. The van der Waals surface area contributed by atoms with Gasteiger partial charge in [-0.1, -0.05) is 11.6 Å². The van der Waals surface area contributed by atoms with Crippen LogP contribution in [0.1, 0.15) is 15.2 Å². The Hall–Kier alpha value is -0.380. The van der Waals surface area contributed by atoms with Crippen LogP contribution in [0.2, 0.25) is 10.4 Å². The summed E-state index contributed by atoms with van der Waals surface area (Å²) in [4.78, 5) is 7.26. The molecule has 0 radical (unpaired) electrons. The lowest BCUT2D eigenvalue weighted by atomic mass is 10.4. The molecule has 5 heteroatoms. The summed E-state index contributed by atoms with van der Waals surface area (Å²) in [6.45, 7) is -0.0785. The third kappa shape index (κ3) is 2.59. The minimum Gasteiger partial charge on any atom is -0.377 e. The van der Waals surface area contributed by atoms with Crippen LogP contribution in [0.4, 0.5) is 0 Å². The number of rotatable bonds is 3. The van der Waals surface area contributed by atoms with Crippen molar-refractivity contribution in [1.82, 2.24) is 9.97 Å². The van der Waals surface area contributed by atoms with Crippen molar-refractivity contribution >= 4 is 23.2 Å². The highest BCUT2D eigenvalue weighted by Crippen LogP contribution is 2.14. The number of nitrogens with zero attached hydrogens (tertiary/aromatic N) is 2. The van der Waals surface area contributed by atoms with Crippen molar-refractivity contribution in [3.05, 3.63) is 22.2 Å². The zero-order chi connectivity index (χ0) is 10.8. The summed E-state index contributed by atoms with van der Waals surface area (Å²) in [7, 11) is 0. The molecule has 0 spiro atoms. The summed E-state index contributed by atoms with van der Waals surface area (Å²) in [5.74, 6) is 0. The molecule has 1 aromatic heterocycles. The van der Waals surface area contributed by atoms with Crippen LogP contribution in [-0.2, 0) is 11.3 Å². The van der Waals surface area contributed by atoms with Crippen LogP contribution >= 0.6 is 23.2 Å². The Bertz CT molecular complexity index is 335. The molecule has 0 fully saturated rings. The van der Waals surface area contributed by atoms with Crippen LogP contribution < -0.4 is 0 Å². The second kappa shape index (κ2) is 4.60. The SMILES string of the molecule is [2H]C([2H])(OCC)c1cnc(Cl)nc1Cl. The van der Waals surface area contributed by atoms with E-state index in [1.165, 1.54) is 6.20 Å². The van der Waals surface area contributed by atoms with Crippen molar-refractivity contribution in [2.45, 2.75) is 13.5 Å². The number of hydrogen-bond donors (Lipinski definition) is 0. The van der Waals surface area contributed by atoms with Crippen LogP contribution in [-0.4, -0.2) is 16.6 Å². The van der Waals surface area contributed by atoms with E-state index in [0.29, 0.717) is 0 Å². The fourth-order valence-corrected chi connectivity index (χ4v) is 0.904. The van der Waals surface area contributed by atoms with E-state index in [1.807, 2.05) is 0 Å². The third-order valence-corrected chi connectivity index (χ3v) is 1.51. The number of hydrogen-bond acceptors (Lipinski definition) is 3. The number of ether oxygens (including phenoxy) is 1. The Balaban J connectivity index is 3.06. The first-order valence-corrected chi connectivity index (χ1v) is 4.05. The Morgan fingerprint density at radius 3 is 3.00 bits per heavy atom. The molecule has 0 unspecified atom stereocenters. The lowest BCUT2D eigenvalue weighted by molar-refractivity contribution is 0.133. The Morgan fingerprint density at radius 2 is 2.42 bits per heavy atom. The van der Waals surface area contributed by atoms with Gasteiger partial charge in [0.25, 0.3) is 0 Å². The highest BCUT2D eigenvalue weighted by molar-refractivity contribution is 6.32. The minimum atomic E-state index is -1.99. The van der Waals surface area contributed by atoms with E-state index in [9.17, 15) is 0 Å². The molecule has 0 atom stereocenters. The average molecular weight is 209 g/mol. The molecular weight excluding hydrogens is 199 g/mol. The van der Waals surface area contributed by atoms with E-state index in [-0.39, 0.29) is 22.6 Å². The molecule has 0 aliphatic rings. The zero-order valence-electron chi connectivity index (χ0n) is 8.34. The highest BCUT2D eigenvalue weighted by atomic mass is 35.5. The fraction of sp³-hybridized carbons (Fsp3) is 0.429. The Morgan fingerprint density at radius 1 is 1.67 bits per heavy atom. The highest BCUT2D eigenvalue weighted by Gasteiger charge is 2.02. The Labute approximate surface area is 83.5 Å². The van der Waals surface area contributed by atoms with Gasteiger partial charge >= 0.3 is 0 Å². The van der Waals surface area contributed by atoms with Crippen molar-refractivity contribution in [2.24, 2.45) is 0 Å². The lowest BCUT2D eigenvalue weighted by Crippen LogP contribution is -1.96. The quantitative estimate of drug-likeness (QED) is 0.566. The molecule has 0 bridgehead atoms. The van der Waals surface area contributed by atoms with Gasteiger partial charge in [-0.2, -0.15) is 0 Å². The molecule has 1 rings (SSSR count). The van der Waals surface area contributed by atoms with Gasteiger partial charge in [0.1, 0.15) is 5.15 Å². The standard InChI is InChI=1S/C7H8Cl2N2O/c1-2-12-4-5-3-10-7(9)11-6(5)8/h3H,2,4H2,1H3/i4D2. The fourth-order valence-electron chi connectivity index (χ4n) is 0.560. The maximum Gasteiger partial charge on any atom is 0.223 e. The molecule has 12 heavy (non-hydrogen) atoms. The zero-order valence-corrected chi connectivity index (χ0v) is 7.85. The second-order valence-corrected chi connectivity index (χ2v) is 2.57. The van der Waals surface area contributed by atoms with Crippen LogP contribution in [0.15, 0.2) is 6.20 Å². The van der Waals surface area contributed by atoms with Gasteiger partial charge in [-0.05, 0) is 18.5 Å². The molecular formula is C7H8Cl2N2O. The maximum atomic E-state index is 7.52. The van der Waals surface area contributed by atoms with Crippen molar-refractivity contribution in [3.63, 3.8) is 0 Å². The summed E-state index contributed by atoms with van der Waals surface area (Å²) in [6, 6.07) is 0. The molecule has 0 aromatic carbocycles. The van der Waals surface area contributed by atoms with Gasteiger partial charge < -0.3 is 4.74 Å². The molecule has 0 saturated carbocycles. The molecule has 3 nitrogen and oxygen atoms in total. The van der Waals surface area contributed by atoms with Gasteiger partial charge in [-0.25, -0.2) is 9.97 Å². The van der Waals surface area contributed by atoms with Gasteiger partial charge in [-0.15, -0.1) is 0 Å². The molecule has 1 heterocycles. The second-order valence-electron chi connectivity index (χ2n) is 1.88. The van der Waals surface area contributed by atoms with E-state index < -0.39 is 6.56 Å². The molecule has 0 saturated heterocycles. The van der Waals surface area contributed by atoms with Gasteiger partial charge in [-0.3, -0.25) is 0 Å². The first-order chi connectivity index (χ1) is 6.47. The molecule has 0 amide bonds. The monoisotopic (exact) mass is 208 g/mol.